The van der Waals surface area contributed by atoms with Gasteiger partial charge in [-0.3, -0.25) is 0 Å². The molecule has 0 saturated heterocycles. The summed E-state index contributed by atoms with van der Waals surface area (Å²) < 4.78 is 0. The van der Waals surface area contributed by atoms with Crippen molar-refractivity contribution in [2.75, 3.05) is 5.32 Å². The second kappa shape index (κ2) is 5.26. The van der Waals surface area contributed by atoms with E-state index in [1.807, 2.05) is 25.1 Å². The zero-order valence-corrected chi connectivity index (χ0v) is 12.0. The number of aryl methyl sites for hydroxylation is 2. The van der Waals surface area contributed by atoms with Crippen LogP contribution < -0.4 is 5.32 Å². The molecule has 3 rings (SSSR count). The summed E-state index contributed by atoms with van der Waals surface area (Å²) in [7, 11) is 0. The minimum absolute atomic E-state index is 0.614. The number of hydrogen-bond acceptors (Lipinski definition) is 3. The Morgan fingerprint density at radius 2 is 1.86 bits per heavy atom. The summed E-state index contributed by atoms with van der Waals surface area (Å²) in [5, 5.41) is 13.6. The van der Waals surface area contributed by atoms with E-state index in [2.05, 4.69) is 47.6 Å². The van der Waals surface area contributed by atoms with Crippen LogP contribution in [0.15, 0.2) is 48.5 Å². The van der Waals surface area contributed by atoms with Crippen LogP contribution in [0.25, 0.3) is 10.9 Å². The molecule has 0 atom stereocenters. The molecule has 21 heavy (non-hydrogen) atoms. The molecular formula is C18H15N3. The summed E-state index contributed by atoms with van der Waals surface area (Å²) in [6.07, 6.45) is 0. The van der Waals surface area contributed by atoms with Crippen LogP contribution in [0.3, 0.4) is 0 Å². The quantitative estimate of drug-likeness (QED) is 0.749. The molecule has 0 saturated carbocycles. The highest BCUT2D eigenvalue weighted by Gasteiger charge is 2.07. The highest BCUT2D eigenvalue weighted by Crippen LogP contribution is 2.25. The lowest BCUT2D eigenvalue weighted by Gasteiger charge is -2.11. The number of aromatic nitrogens is 1. The number of benzene rings is 2. The third-order valence-corrected chi connectivity index (χ3v) is 3.46. The molecule has 1 heterocycles. The molecule has 2 aromatic carbocycles. The molecule has 0 bridgehead atoms. The summed E-state index contributed by atoms with van der Waals surface area (Å²) >= 11 is 0. The molecule has 0 aliphatic rings. The number of nitrogens with zero attached hydrogens (tertiary/aromatic N) is 2. The van der Waals surface area contributed by atoms with Crippen molar-refractivity contribution in [2.45, 2.75) is 13.8 Å². The molecule has 0 amide bonds. The predicted octanol–water partition coefficient (Wildman–Crippen LogP) is 4.47. The van der Waals surface area contributed by atoms with E-state index in [1.54, 1.807) is 6.07 Å². The third kappa shape index (κ3) is 2.56. The molecule has 102 valence electrons. The van der Waals surface area contributed by atoms with E-state index in [0.29, 0.717) is 5.56 Å². The van der Waals surface area contributed by atoms with Crippen LogP contribution in [0.2, 0.25) is 0 Å². The Kier molecular flexibility index (Phi) is 3.29. The first kappa shape index (κ1) is 13.1. The van der Waals surface area contributed by atoms with Gasteiger partial charge in [-0.2, -0.15) is 5.26 Å². The zero-order chi connectivity index (χ0) is 14.8. The van der Waals surface area contributed by atoms with Gasteiger partial charge in [0.15, 0.2) is 0 Å². The number of rotatable bonds is 2. The Labute approximate surface area is 123 Å². The number of hydrogen-bond donors (Lipinski definition) is 1. The van der Waals surface area contributed by atoms with Gasteiger partial charge in [0, 0.05) is 5.39 Å². The van der Waals surface area contributed by atoms with Crippen LogP contribution in [0.4, 0.5) is 11.5 Å². The Morgan fingerprint density at radius 1 is 1.05 bits per heavy atom. The molecule has 0 aliphatic heterocycles. The van der Waals surface area contributed by atoms with Gasteiger partial charge in [0.25, 0.3) is 0 Å². The molecule has 3 nitrogen and oxygen atoms in total. The Bertz CT molecular complexity index is 860. The van der Waals surface area contributed by atoms with Crippen LogP contribution in [-0.4, -0.2) is 4.98 Å². The van der Waals surface area contributed by atoms with Gasteiger partial charge in [-0.05, 0) is 49.2 Å². The standard InChI is InChI=1S/C18H15N3/c1-12-7-8-14-10-13(2)18(21-17(14)9-12)20-16-6-4-3-5-15(16)11-19/h3-10H,1-2H3,(H,20,21). The first-order valence-electron chi connectivity index (χ1n) is 6.81. The van der Waals surface area contributed by atoms with Crippen molar-refractivity contribution in [1.82, 2.24) is 4.98 Å². The first-order valence-corrected chi connectivity index (χ1v) is 6.81. The van der Waals surface area contributed by atoms with Crippen molar-refractivity contribution in [3.8, 4) is 6.07 Å². The lowest BCUT2D eigenvalue weighted by atomic mass is 10.1. The number of anilines is 2. The molecule has 0 aliphatic carbocycles. The van der Waals surface area contributed by atoms with Gasteiger partial charge in [-0.25, -0.2) is 4.98 Å². The van der Waals surface area contributed by atoms with Gasteiger partial charge in [-0.15, -0.1) is 0 Å². The molecule has 1 aromatic heterocycles. The monoisotopic (exact) mass is 273 g/mol. The van der Waals surface area contributed by atoms with Crippen molar-refractivity contribution >= 4 is 22.4 Å². The van der Waals surface area contributed by atoms with Crippen molar-refractivity contribution in [3.63, 3.8) is 0 Å². The first-order chi connectivity index (χ1) is 10.2. The lowest BCUT2D eigenvalue weighted by Crippen LogP contribution is -1.99. The number of para-hydroxylation sites is 1. The third-order valence-electron chi connectivity index (χ3n) is 3.46. The van der Waals surface area contributed by atoms with Crippen molar-refractivity contribution in [3.05, 3.63) is 65.2 Å². The number of fused-ring (bicyclic) bond motifs is 1. The maximum atomic E-state index is 9.16. The molecule has 3 aromatic rings. The van der Waals surface area contributed by atoms with Gasteiger partial charge in [0.05, 0.1) is 16.8 Å². The number of nitrogens with one attached hydrogen (secondary N) is 1. The zero-order valence-electron chi connectivity index (χ0n) is 12.0. The summed E-state index contributed by atoms with van der Waals surface area (Å²) in [6.45, 7) is 4.07. The van der Waals surface area contributed by atoms with E-state index in [-0.39, 0.29) is 0 Å². The second-order valence-electron chi connectivity index (χ2n) is 5.13. The van der Waals surface area contributed by atoms with Gasteiger partial charge < -0.3 is 5.32 Å². The van der Waals surface area contributed by atoms with E-state index >= 15 is 0 Å². The highest BCUT2D eigenvalue weighted by atomic mass is 15.0. The molecular weight excluding hydrogens is 258 g/mol. The predicted molar refractivity (Wildman–Crippen MR) is 85.7 cm³/mol. The maximum absolute atomic E-state index is 9.16. The topological polar surface area (TPSA) is 48.7 Å². The summed E-state index contributed by atoms with van der Waals surface area (Å²) in [6, 6.07) is 18.0. The van der Waals surface area contributed by atoms with Crippen molar-refractivity contribution < 1.29 is 0 Å². The smallest absolute Gasteiger partial charge is 0.134 e. The van der Waals surface area contributed by atoms with Gasteiger partial charge in [0.2, 0.25) is 0 Å². The fourth-order valence-corrected chi connectivity index (χ4v) is 2.33. The summed E-state index contributed by atoms with van der Waals surface area (Å²) in [5.74, 6) is 0.788. The molecule has 0 spiro atoms. The average molecular weight is 273 g/mol. The molecule has 0 unspecified atom stereocenters. The van der Waals surface area contributed by atoms with Crippen LogP contribution in [0, 0.1) is 25.2 Å². The summed E-state index contributed by atoms with van der Waals surface area (Å²) in [5.41, 5.74) is 4.59. The molecule has 1 N–H and O–H groups in total. The van der Waals surface area contributed by atoms with Crippen molar-refractivity contribution in [2.24, 2.45) is 0 Å². The lowest BCUT2D eigenvalue weighted by molar-refractivity contribution is 1.30. The minimum Gasteiger partial charge on any atom is -0.339 e. The van der Waals surface area contributed by atoms with Crippen LogP contribution >= 0.6 is 0 Å². The fourth-order valence-electron chi connectivity index (χ4n) is 2.33. The SMILES string of the molecule is Cc1ccc2cc(C)c(Nc3ccccc3C#N)nc2c1. The van der Waals surface area contributed by atoms with Crippen LogP contribution in [0.1, 0.15) is 16.7 Å². The summed E-state index contributed by atoms with van der Waals surface area (Å²) in [4.78, 5) is 4.69. The molecule has 0 fully saturated rings. The van der Waals surface area contributed by atoms with Gasteiger partial charge in [-0.1, -0.05) is 24.3 Å². The Balaban J connectivity index is 2.08. The van der Waals surface area contributed by atoms with Crippen LogP contribution in [-0.2, 0) is 0 Å². The van der Waals surface area contributed by atoms with Crippen LogP contribution in [0.5, 0.6) is 0 Å². The number of pyridine rings is 1. The molecule has 3 heteroatoms. The Morgan fingerprint density at radius 3 is 2.67 bits per heavy atom. The highest BCUT2D eigenvalue weighted by molar-refractivity contribution is 5.83. The van der Waals surface area contributed by atoms with E-state index in [4.69, 9.17) is 5.26 Å². The van der Waals surface area contributed by atoms with E-state index in [1.165, 1.54) is 5.56 Å². The normalized spacial score (nSPS) is 10.3. The average Bonchev–Trinajstić information content (AvgIpc) is 2.49. The second-order valence-corrected chi connectivity index (χ2v) is 5.13. The number of nitriles is 1. The van der Waals surface area contributed by atoms with Gasteiger partial charge >= 0.3 is 0 Å². The maximum Gasteiger partial charge on any atom is 0.134 e. The molecule has 0 radical (unpaired) electrons. The minimum atomic E-state index is 0.614. The Hall–Kier alpha value is -2.86. The fraction of sp³-hybridized carbons (Fsp3) is 0.111. The van der Waals surface area contributed by atoms with E-state index in [9.17, 15) is 0 Å². The van der Waals surface area contributed by atoms with Crippen molar-refractivity contribution in [1.29, 1.82) is 5.26 Å². The van der Waals surface area contributed by atoms with E-state index < -0.39 is 0 Å². The van der Waals surface area contributed by atoms with E-state index in [0.717, 1.165) is 28.0 Å². The van der Waals surface area contributed by atoms with Gasteiger partial charge in [0.1, 0.15) is 11.9 Å². The largest absolute Gasteiger partial charge is 0.339 e.